The molecule has 0 atom stereocenters. The molecule has 0 N–H and O–H groups in total. The summed E-state index contributed by atoms with van der Waals surface area (Å²) in [7, 11) is 0. The summed E-state index contributed by atoms with van der Waals surface area (Å²) in [5, 5.41) is 0. The standard InChI is InChI=1S/C15H21NO/c1-12(2)16-10-15(11-16)8-14(9-15)17-13-6-4-3-5-7-13/h3-7,12,14H,8-11H2,1-2H3. The van der Waals surface area contributed by atoms with Crippen molar-refractivity contribution in [2.24, 2.45) is 5.41 Å². The van der Waals surface area contributed by atoms with Gasteiger partial charge in [-0.3, -0.25) is 4.90 Å². The van der Waals surface area contributed by atoms with Gasteiger partial charge >= 0.3 is 0 Å². The van der Waals surface area contributed by atoms with Crippen LogP contribution in [0.25, 0.3) is 0 Å². The molecule has 92 valence electrons. The molecule has 0 radical (unpaired) electrons. The molecule has 0 bridgehead atoms. The average Bonchev–Trinajstić information content (AvgIpc) is 2.20. The van der Waals surface area contributed by atoms with E-state index in [1.54, 1.807) is 0 Å². The first kappa shape index (κ1) is 11.1. The molecule has 1 saturated carbocycles. The molecular weight excluding hydrogens is 210 g/mol. The molecule has 3 rings (SSSR count). The monoisotopic (exact) mass is 231 g/mol. The van der Waals surface area contributed by atoms with Crippen molar-refractivity contribution in [2.45, 2.75) is 38.8 Å². The fourth-order valence-electron chi connectivity index (χ4n) is 3.12. The maximum atomic E-state index is 5.96. The number of likely N-dealkylation sites (tertiary alicyclic amines) is 1. The summed E-state index contributed by atoms with van der Waals surface area (Å²) in [5.41, 5.74) is 0.601. The van der Waals surface area contributed by atoms with Crippen LogP contribution >= 0.6 is 0 Å². The lowest BCUT2D eigenvalue weighted by Crippen LogP contribution is -2.65. The van der Waals surface area contributed by atoms with Crippen molar-refractivity contribution in [3.63, 3.8) is 0 Å². The highest BCUT2D eigenvalue weighted by atomic mass is 16.5. The van der Waals surface area contributed by atoms with Gasteiger partial charge in [0.15, 0.2) is 0 Å². The molecule has 2 heteroatoms. The van der Waals surface area contributed by atoms with Crippen LogP contribution in [-0.4, -0.2) is 30.1 Å². The summed E-state index contributed by atoms with van der Waals surface area (Å²) < 4.78 is 5.96. The fourth-order valence-corrected chi connectivity index (χ4v) is 3.12. The van der Waals surface area contributed by atoms with E-state index in [0.29, 0.717) is 17.6 Å². The molecule has 1 spiro atoms. The largest absolute Gasteiger partial charge is 0.490 e. The number of rotatable bonds is 3. The van der Waals surface area contributed by atoms with Crippen molar-refractivity contribution in [1.82, 2.24) is 4.90 Å². The minimum Gasteiger partial charge on any atom is -0.490 e. The second-order valence-corrected chi connectivity index (χ2v) is 5.96. The quantitative estimate of drug-likeness (QED) is 0.793. The first-order valence-electron chi connectivity index (χ1n) is 6.63. The van der Waals surface area contributed by atoms with Crippen LogP contribution in [-0.2, 0) is 0 Å². The fraction of sp³-hybridized carbons (Fsp3) is 0.600. The van der Waals surface area contributed by atoms with Gasteiger partial charge in [-0.2, -0.15) is 0 Å². The van der Waals surface area contributed by atoms with Crippen LogP contribution in [0.4, 0.5) is 0 Å². The Balaban J connectivity index is 1.47. The van der Waals surface area contributed by atoms with E-state index < -0.39 is 0 Å². The lowest BCUT2D eigenvalue weighted by Gasteiger charge is -2.60. The summed E-state index contributed by atoms with van der Waals surface area (Å²) in [5.74, 6) is 1.02. The smallest absolute Gasteiger partial charge is 0.119 e. The Labute approximate surface area is 104 Å². The van der Waals surface area contributed by atoms with Crippen molar-refractivity contribution in [1.29, 1.82) is 0 Å². The molecule has 1 aliphatic carbocycles. The van der Waals surface area contributed by atoms with E-state index in [2.05, 4.69) is 18.7 Å². The molecule has 0 aromatic heterocycles. The molecule has 2 fully saturated rings. The van der Waals surface area contributed by atoms with Crippen LogP contribution in [0.2, 0.25) is 0 Å². The number of ether oxygens (including phenoxy) is 1. The third-order valence-electron chi connectivity index (χ3n) is 4.17. The molecular formula is C15H21NO. The van der Waals surface area contributed by atoms with E-state index in [9.17, 15) is 0 Å². The number of benzene rings is 1. The first-order chi connectivity index (χ1) is 8.17. The zero-order valence-corrected chi connectivity index (χ0v) is 10.7. The molecule has 1 aromatic rings. The highest BCUT2D eigenvalue weighted by molar-refractivity contribution is 5.22. The van der Waals surface area contributed by atoms with Crippen molar-refractivity contribution in [3.8, 4) is 5.75 Å². The van der Waals surface area contributed by atoms with Gasteiger partial charge in [0, 0.05) is 24.5 Å². The van der Waals surface area contributed by atoms with Gasteiger partial charge in [-0.15, -0.1) is 0 Å². The van der Waals surface area contributed by atoms with Crippen LogP contribution in [0.1, 0.15) is 26.7 Å². The summed E-state index contributed by atoms with van der Waals surface area (Å²) in [6.45, 7) is 7.12. The molecule has 2 aliphatic rings. The van der Waals surface area contributed by atoms with Gasteiger partial charge in [0.25, 0.3) is 0 Å². The van der Waals surface area contributed by atoms with Gasteiger partial charge in [-0.25, -0.2) is 0 Å². The Morgan fingerprint density at radius 3 is 2.41 bits per heavy atom. The van der Waals surface area contributed by atoms with E-state index in [4.69, 9.17) is 4.74 Å². The van der Waals surface area contributed by atoms with Crippen LogP contribution in [0.5, 0.6) is 5.75 Å². The van der Waals surface area contributed by atoms with E-state index in [1.165, 1.54) is 25.9 Å². The second kappa shape index (κ2) is 4.02. The minimum atomic E-state index is 0.451. The van der Waals surface area contributed by atoms with Crippen LogP contribution < -0.4 is 4.74 Å². The van der Waals surface area contributed by atoms with Gasteiger partial charge in [-0.05, 0) is 38.8 Å². The molecule has 0 unspecified atom stereocenters. The van der Waals surface area contributed by atoms with E-state index in [1.807, 2.05) is 30.3 Å². The Bertz CT molecular complexity index is 373. The second-order valence-electron chi connectivity index (χ2n) is 5.96. The third kappa shape index (κ3) is 2.06. The predicted octanol–water partition coefficient (Wildman–Crippen LogP) is 2.94. The normalized spacial score (nSPS) is 23.5. The van der Waals surface area contributed by atoms with E-state index in [0.717, 1.165) is 5.75 Å². The van der Waals surface area contributed by atoms with Crippen molar-refractivity contribution < 1.29 is 4.74 Å². The third-order valence-corrected chi connectivity index (χ3v) is 4.17. The van der Waals surface area contributed by atoms with Crippen molar-refractivity contribution >= 4 is 0 Å². The Morgan fingerprint density at radius 2 is 1.82 bits per heavy atom. The van der Waals surface area contributed by atoms with Gasteiger partial charge < -0.3 is 4.74 Å². The maximum absolute atomic E-state index is 5.96. The Morgan fingerprint density at radius 1 is 1.18 bits per heavy atom. The topological polar surface area (TPSA) is 12.5 Å². The molecule has 0 amide bonds. The predicted molar refractivity (Wildman–Crippen MR) is 69.2 cm³/mol. The van der Waals surface area contributed by atoms with Gasteiger partial charge in [0.1, 0.15) is 5.75 Å². The van der Waals surface area contributed by atoms with Crippen molar-refractivity contribution in [2.75, 3.05) is 13.1 Å². The molecule has 1 aromatic carbocycles. The number of hydrogen-bond donors (Lipinski definition) is 0. The van der Waals surface area contributed by atoms with Crippen molar-refractivity contribution in [3.05, 3.63) is 30.3 Å². The summed E-state index contributed by atoms with van der Waals surface area (Å²) in [6, 6.07) is 10.9. The van der Waals surface area contributed by atoms with Gasteiger partial charge in [-0.1, -0.05) is 18.2 Å². The van der Waals surface area contributed by atoms with Gasteiger partial charge in [0.2, 0.25) is 0 Å². The lowest BCUT2D eigenvalue weighted by molar-refractivity contribution is -0.129. The minimum absolute atomic E-state index is 0.451. The molecule has 1 aliphatic heterocycles. The molecule has 2 nitrogen and oxygen atoms in total. The highest BCUT2D eigenvalue weighted by Gasteiger charge is 2.53. The average molecular weight is 231 g/mol. The molecule has 17 heavy (non-hydrogen) atoms. The zero-order valence-electron chi connectivity index (χ0n) is 10.7. The summed E-state index contributed by atoms with van der Waals surface area (Å²) >= 11 is 0. The SMILES string of the molecule is CC(C)N1CC2(CC(Oc3ccccc3)C2)C1. The number of nitrogens with zero attached hydrogens (tertiary/aromatic N) is 1. The Kier molecular flexibility index (Phi) is 2.62. The molecule has 1 heterocycles. The lowest BCUT2D eigenvalue weighted by atomic mass is 9.61. The zero-order chi connectivity index (χ0) is 11.9. The van der Waals surface area contributed by atoms with E-state index >= 15 is 0 Å². The highest BCUT2D eigenvalue weighted by Crippen LogP contribution is 2.50. The van der Waals surface area contributed by atoms with Crippen LogP contribution in [0, 0.1) is 5.41 Å². The maximum Gasteiger partial charge on any atom is 0.119 e. The van der Waals surface area contributed by atoms with Gasteiger partial charge in [0.05, 0.1) is 6.10 Å². The van der Waals surface area contributed by atoms with E-state index in [-0.39, 0.29) is 0 Å². The first-order valence-corrected chi connectivity index (χ1v) is 6.63. The number of para-hydroxylation sites is 1. The van der Waals surface area contributed by atoms with Crippen LogP contribution in [0.15, 0.2) is 30.3 Å². The Hall–Kier alpha value is -1.02. The van der Waals surface area contributed by atoms with Crippen LogP contribution in [0.3, 0.4) is 0 Å². The number of hydrogen-bond acceptors (Lipinski definition) is 2. The molecule has 1 saturated heterocycles. The summed E-state index contributed by atoms with van der Waals surface area (Å²) in [6.07, 6.45) is 2.93. The summed E-state index contributed by atoms with van der Waals surface area (Å²) in [4.78, 5) is 2.55.